The third-order valence-electron chi connectivity index (χ3n) is 5.63. The molecule has 0 aromatic heterocycles. The zero-order valence-corrected chi connectivity index (χ0v) is 23.7. The summed E-state index contributed by atoms with van der Waals surface area (Å²) in [6.45, 7) is 0. The standard InChI is InChI=1S/C23H11BrCl5F2N3O4/c24-18-19(31)14(30)7-15(20(18)34(37)38)33-21(35)12-6-11(1-2-13(12)27)32-22(36)17-16(23(17,28)29)8-3-9(25)5-10(26)4-8/h1-7,16-17H,(H,32,36)(H,33,35)/t16-,17+/m0/s1. The number of nitro benzene ring substituents is 1. The van der Waals surface area contributed by atoms with Crippen molar-refractivity contribution in [2.24, 2.45) is 5.92 Å². The van der Waals surface area contributed by atoms with Gasteiger partial charge in [-0.2, -0.15) is 0 Å². The maximum atomic E-state index is 13.9. The number of rotatable bonds is 6. The summed E-state index contributed by atoms with van der Waals surface area (Å²) in [5.74, 6) is -6.01. The van der Waals surface area contributed by atoms with Gasteiger partial charge >= 0.3 is 5.69 Å². The van der Waals surface area contributed by atoms with Crippen molar-refractivity contribution in [1.82, 2.24) is 0 Å². The molecule has 3 aromatic carbocycles. The van der Waals surface area contributed by atoms with Crippen LogP contribution in [0.5, 0.6) is 0 Å². The minimum Gasteiger partial charge on any atom is -0.326 e. The predicted molar refractivity (Wildman–Crippen MR) is 146 cm³/mol. The van der Waals surface area contributed by atoms with E-state index in [2.05, 4.69) is 26.6 Å². The summed E-state index contributed by atoms with van der Waals surface area (Å²) in [6, 6.07) is 9.03. The first-order valence-corrected chi connectivity index (χ1v) is 13.0. The SMILES string of the molecule is O=C(Nc1cc(F)c(F)c(Br)c1[N+](=O)[O-])c1cc(NC(=O)[C@H]2[C@H](c3cc(Cl)cc(Cl)c3)C2(Cl)Cl)ccc1Cl. The van der Waals surface area contributed by atoms with Crippen molar-refractivity contribution in [2.45, 2.75) is 10.3 Å². The molecule has 0 radical (unpaired) electrons. The molecule has 3 aromatic rings. The lowest BCUT2D eigenvalue weighted by Crippen LogP contribution is -2.18. The largest absolute Gasteiger partial charge is 0.326 e. The molecular weight excluding hydrogens is 677 g/mol. The Kier molecular flexibility index (Phi) is 8.14. The molecule has 1 fully saturated rings. The Bertz CT molecular complexity index is 1500. The molecule has 1 aliphatic rings. The summed E-state index contributed by atoms with van der Waals surface area (Å²) in [6.07, 6.45) is 0. The summed E-state index contributed by atoms with van der Waals surface area (Å²) in [5, 5.41) is 16.7. The van der Waals surface area contributed by atoms with Gasteiger partial charge in [0, 0.05) is 27.7 Å². The summed E-state index contributed by atoms with van der Waals surface area (Å²) in [4.78, 5) is 36.3. The normalized spacial score (nSPS) is 17.6. The Balaban J connectivity index is 1.57. The second-order valence-corrected chi connectivity index (χ2v) is 11.6. The van der Waals surface area contributed by atoms with E-state index in [1.165, 1.54) is 24.3 Å². The van der Waals surface area contributed by atoms with Gasteiger partial charge in [0.05, 0.1) is 21.4 Å². The molecule has 0 heterocycles. The van der Waals surface area contributed by atoms with Crippen molar-refractivity contribution in [2.75, 3.05) is 10.6 Å². The van der Waals surface area contributed by atoms with Crippen LogP contribution in [-0.2, 0) is 4.79 Å². The fourth-order valence-corrected chi connectivity index (χ4v) is 5.99. The fraction of sp³-hybridized carbons (Fsp3) is 0.130. The van der Waals surface area contributed by atoms with Crippen LogP contribution in [0.3, 0.4) is 0 Å². The summed E-state index contributed by atoms with van der Waals surface area (Å²) < 4.78 is 25.4. The van der Waals surface area contributed by atoms with Gasteiger partial charge in [0.1, 0.15) is 14.5 Å². The number of alkyl halides is 2. The third kappa shape index (κ3) is 5.57. The molecule has 4 rings (SSSR count). The highest BCUT2D eigenvalue weighted by atomic mass is 79.9. The van der Waals surface area contributed by atoms with Crippen LogP contribution in [0.2, 0.25) is 15.1 Å². The second kappa shape index (κ2) is 10.7. The summed E-state index contributed by atoms with van der Waals surface area (Å²) in [5.41, 5.74) is -1.07. The highest BCUT2D eigenvalue weighted by molar-refractivity contribution is 9.10. The molecule has 38 heavy (non-hydrogen) atoms. The molecule has 2 amide bonds. The number of benzene rings is 3. The molecule has 1 aliphatic carbocycles. The molecule has 0 unspecified atom stereocenters. The van der Waals surface area contributed by atoms with Gasteiger partial charge in [0.15, 0.2) is 11.6 Å². The molecule has 15 heteroatoms. The van der Waals surface area contributed by atoms with E-state index in [1.54, 1.807) is 12.1 Å². The highest BCUT2D eigenvalue weighted by Gasteiger charge is 2.67. The van der Waals surface area contributed by atoms with E-state index in [-0.39, 0.29) is 16.3 Å². The minimum atomic E-state index is -1.49. The van der Waals surface area contributed by atoms with E-state index in [4.69, 9.17) is 58.0 Å². The number of anilines is 2. The molecule has 0 spiro atoms. The monoisotopic (exact) mass is 685 g/mol. The van der Waals surface area contributed by atoms with Crippen molar-refractivity contribution < 1.29 is 23.3 Å². The van der Waals surface area contributed by atoms with E-state index < -0.39 is 60.4 Å². The molecule has 0 bridgehead atoms. The lowest BCUT2D eigenvalue weighted by Gasteiger charge is -2.11. The topological polar surface area (TPSA) is 101 Å². The number of amides is 2. The first-order valence-electron chi connectivity index (χ1n) is 10.3. The van der Waals surface area contributed by atoms with Crippen LogP contribution in [0.1, 0.15) is 21.8 Å². The molecule has 0 saturated heterocycles. The number of hydrogen-bond acceptors (Lipinski definition) is 4. The van der Waals surface area contributed by atoms with Gasteiger partial charge in [0.25, 0.3) is 5.91 Å². The first kappa shape index (κ1) is 28.8. The van der Waals surface area contributed by atoms with E-state index in [9.17, 15) is 28.5 Å². The van der Waals surface area contributed by atoms with Crippen molar-refractivity contribution in [1.29, 1.82) is 0 Å². The number of nitrogens with zero attached hydrogens (tertiary/aromatic N) is 1. The van der Waals surface area contributed by atoms with Crippen LogP contribution in [0.25, 0.3) is 0 Å². The van der Waals surface area contributed by atoms with E-state index in [1.807, 2.05) is 0 Å². The van der Waals surface area contributed by atoms with Crippen LogP contribution < -0.4 is 10.6 Å². The molecule has 0 aliphatic heterocycles. The van der Waals surface area contributed by atoms with Crippen LogP contribution in [-0.4, -0.2) is 21.1 Å². The van der Waals surface area contributed by atoms with Crippen LogP contribution >= 0.6 is 73.9 Å². The average molecular weight is 689 g/mol. The zero-order valence-electron chi connectivity index (χ0n) is 18.3. The van der Waals surface area contributed by atoms with Gasteiger partial charge in [-0.05, 0) is 57.9 Å². The Morgan fingerprint density at radius 3 is 2.24 bits per heavy atom. The number of nitrogens with one attached hydrogen (secondary N) is 2. The number of halogens is 8. The van der Waals surface area contributed by atoms with Gasteiger partial charge in [-0.3, -0.25) is 19.7 Å². The summed E-state index contributed by atoms with van der Waals surface area (Å²) in [7, 11) is 0. The number of carbonyl (C=O) groups is 2. The maximum absolute atomic E-state index is 13.9. The zero-order chi connectivity index (χ0) is 28.1. The van der Waals surface area contributed by atoms with E-state index >= 15 is 0 Å². The van der Waals surface area contributed by atoms with Gasteiger partial charge in [-0.15, -0.1) is 23.2 Å². The molecule has 2 N–H and O–H groups in total. The van der Waals surface area contributed by atoms with E-state index in [0.717, 1.165) is 0 Å². The minimum absolute atomic E-state index is 0.0910. The molecule has 1 saturated carbocycles. The van der Waals surface area contributed by atoms with Crippen LogP contribution in [0.15, 0.2) is 46.9 Å². The lowest BCUT2D eigenvalue weighted by atomic mass is 10.1. The number of hydrogen-bond donors (Lipinski definition) is 2. The average Bonchev–Trinajstić information content (AvgIpc) is 3.40. The Labute approximate surface area is 246 Å². The Morgan fingerprint density at radius 2 is 1.63 bits per heavy atom. The number of carbonyl (C=O) groups excluding carboxylic acids is 2. The quantitative estimate of drug-likeness (QED) is 0.118. The molecule has 198 valence electrons. The Hall–Kier alpha value is -2.21. The van der Waals surface area contributed by atoms with Crippen molar-refractivity contribution in [3.8, 4) is 0 Å². The highest BCUT2D eigenvalue weighted by Crippen LogP contribution is 2.65. The lowest BCUT2D eigenvalue weighted by molar-refractivity contribution is -0.385. The number of nitro groups is 1. The van der Waals surface area contributed by atoms with Gasteiger partial charge in [-0.25, -0.2) is 8.78 Å². The van der Waals surface area contributed by atoms with Crippen molar-refractivity contribution in [3.63, 3.8) is 0 Å². The van der Waals surface area contributed by atoms with Crippen molar-refractivity contribution in [3.05, 3.63) is 94.9 Å². The fourth-order valence-electron chi connectivity index (χ4n) is 3.87. The van der Waals surface area contributed by atoms with Crippen LogP contribution in [0, 0.1) is 27.7 Å². The van der Waals surface area contributed by atoms with Crippen molar-refractivity contribution >= 4 is 103 Å². The van der Waals surface area contributed by atoms with Gasteiger partial charge in [-0.1, -0.05) is 34.8 Å². The smallest absolute Gasteiger partial charge is 0.310 e. The van der Waals surface area contributed by atoms with Gasteiger partial charge in [0.2, 0.25) is 5.91 Å². The molecule has 2 atom stereocenters. The van der Waals surface area contributed by atoms with E-state index in [0.29, 0.717) is 21.7 Å². The summed E-state index contributed by atoms with van der Waals surface area (Å²) >= 11 is 33.6. The Morgan fingerprint density at radius 1 is 1.00 bits per heavy atom. The molecule has 7 nitrogen and oxygen atoms in total. The predicted octanol–water partition coefficient (Wildman–Crippen LogP) is 8.37. The van der Waals surface area contributed by atoms with Gasteiger partial charge < -0.3 is 10.6 Å². The first-order chi connectivity index (χ1) is 17.7. The van der Waals surface area contributed by atoms with Crippen LogP contribution in [0.4, 0.5) is 25.8 Å². The molecular formula is C23H11BrCl5F2N3O4. The third-order valence-corrected chi connectivity index (χ3v) is 8.06. The maximum Gasteiger partial charge on any atom is 0.310 e. The second-order valence-electron chi connectivity index (χ2n) is 8.11.